The van der Waals surface area contributed by atoms with Crippen LogP contribution in [0.25, 0.3) is 0 Å². The second-order valence-corrected chi connectivity index (χ2v) is 8.10. The highest BCUT2D eigenvalue weighted by molar-refractivity contribution is 5.94. The molecule has 1 fully saturated rings. The topological polar surface area (TPSA) is 87.9 Å². The maximum absolute atomic E-state index is 12.5. The van der Waals surface area contributed by atoms with E-state index in [0.717, 1.165) is 29.2 Å². The molecule has 172 valence electrons. The van der Waals surface area contributed by atoms with Crippen LogP contribution in [0, 0.1) is 5.92 Å². The Balaban J connectivity index is 1.27. The van der Waals surface area contributed by atoms with Gasteiger partial charge >= 0.3 is 0 Å². The van der Waals surface area contributed by atoms with Crippen LogP contribution in [0.4, 0.5) is 0 Å². The minimum atomic E-state index is -0.140. The number of nitrogens with zero attached hydrogens (tertiary/aromatic N) is 1. The number of para-hydroxylation sites is 1. The van der Waals surface area contributed by atoms with Gasteiger partial charge in [0.1, 0.15) is 11.5 Å². The van der Waals surface area contributed by atoms with Gasteiger partial charge in [-0.1, -0.05) is 30.3 Å². The first kappa shape index (κ1) is 22.5. The van der Waals surface area contributed by atoms with E-state index in [9.17, 15) is 4.79 Å². The van der Waals surface area contributed by atoms with Crippen molar-refractivity contribution in [3.63, 3.8) is 0 Å². The molecule has 3 N–H and O–H groups in total. The van der Waals surface area contributed by atoms with Crippen LogP contribution in [0.5, 0.6) is 5.75 Å². The third-order valence-corrected chi connectivity index (χ3v) is 5.47. The molecular weight excluding hydrogens is 416 g/mol. The molecule has 0 spiro atoms. The summed E-state index contributed by atoms with van der Waals surface area (Å²) in [5, 5.41) is 9.52. The molecule has 7 nitrogen and oxygen atoms in total. The lowest BCUT2D eigenvalue weighted by atomic mass is 10.1. The lowest BCUT2D eigenvalue weighted by Crippen LogP contribution is -2.36. The van der Waals surface area contributed by atoms with Crippen molar-refractivity contribution in [1.29, 1.82) is 0 Å². The Labute approximate surface area is 194 Å². The quantitative estimate of drug-likeness (QED) is 0.325. The van der Waals surface area contributed by atoms with E-state index in [4.69, 9.17) is 9.15 Å². The number of carbonyl (C=O) groups is 1. The molecule has 1 heterocycles. The summed E-state index contributed by atoms with van der Waals surface area (Å²) in [7, 11) is 1.74. The predicted molar refractivity (Wildman–Crippen MR) is 128 cm³/mol. The number of benzene rings is 2. The smallest absolute Gasteiger partial charge is 0.251 e. The van der Waals surface area contributed by atoms with E-state index >= 15 is 0 Å². The lowest BCUT2D eigenvalue weighted by molar-refractivity contribution is 0.0948. The Kier molecular flexibility index (Phi) is 7.64. The zero-order valence-electron chi connectivity index (χ0n) is 18.8. The third-order valence-electron chi connectivity index (χ3n) is 5.47. The van der Waals surface area contributed by atoms with Gasteiger partial charge in [0.05, 0.1) is 19.4 Å². The normalized spacial score (nSPS) is 13.4. The zero-order chi connectivity index (χ0) is 22.9. The highest BCUT2D eigenvalue weighted by Gasteiger charge is 2.22. The molecule has 0 bridgehead atoms. The largest absolute Gasteiger partial charge is 0.493 e. The van der Waals surface area contributed by atoms with E-state index in [1.54, 1.807) is 25.4 Å². The van der Waals surface area contributed by atoms with E-state index < -0.39 is 0 Å². The Morgan fingerprint density at radius 1 is 1.00 bits per heavy atom. The van der Waals surface area contributed by atoms with E-state index in [1.807, 2.05) is 42.5 Å². The number of hydrogen-bond acceptors (Lipinski definition) is 4. The molecule has 1 amide bonds. The predicted octanol–water partition coefficient (Wildman–Crippen LogP) is 3.86. The summed E-state index contributed by atoms with van der Waals surface area (Å²) in [5.74, 6) is 2.89. The molecule has 0 radical (unpaired) electrons. The van der Waals surface area contributed by atoms with Gasteiger partial charge in [-0.3, -0.25) is 9.79 Å². The van der Waals surface area contributed by atoms with Crippen LogP contribution >= 0.6 is 0 Å². The Hall–Kier alpha value is -3.74. The number of hydrogen-bond donors (Lipinski definition) is 3. The average Bonchev–Trinajstić information content (AvgIpc) is 3.54. The van der Waals surface area contributed by atoms with Crippen LogP contribution in [0.1, 0.15) is 40.1 Å². The number of ether oxygens (including phenoxy) is 1. The average molecular weight is 447 g/mol. The molecular formula is C26H30N4O3. The molecule has 33 heavy (non-hydrogen) atoms. The SMILES string of the molecule is CN=C(NCc1cccc(C(=O)NCc2ccco2)c1)NCc1ccccc1OCC1CC1. The Morgan fingerprint density at radius 2 is 1.85 bits per heavy atom. The summed E-state index contributed by atoms with van der Waals surface area (Å²) < 4.78 is 11.2. The number of nitrogens with one attached hydrogen (secondary N) is 3. The number of guanidine groups is 1. The van der Waals surface area contributed by atoms with E-state index in [2.05, 4.69) is 27.0 Å². The lowest BCUT2D eigenvalue weighted by Gasteiger charge is -2.15. The molecule has 2 aromatic carbocycles. The number of rotatable bonds is 10. The van der Waals surface area contributed by atoms with Crippen molar-refractivity contribution in [2.75, 3.05) is 13.7 Å². The van der Waals surface area contributed by atoms with Gasteiger partial charge in [0.2, 0.25) is 0 Å². The van der Waals surface area contributed by atoms with Crippen LogP contribution in [0.2, 0.25) is 0 Å². The molecule has 7 heteroatoms. The fraction of sp³-hybridized carbons (Fsp3) is 0.308. The van der Waals surface area contributed by atoms with Crippen LogP contribution in [0.15, 0.2) is 76.3 Å². The van der Waals surface area contributed by atoms with E-state index in [0.29, 0.717) is 37.1 Å². The first-order valence-electron chi connectivity index (χ1n) is 11.3. The van der Waals surface area contributed by atoms with Crippen molar-refractivity contribution in [1.82, 2.24) is 16.0 Å². The van der Waals surface area contributed by atoms with Crippen LogP contribution in [0.3, 0.4) is 0 Å². The maximum atomic E-state index is 12.5. The van der Waals surface area contributed by atoms with Crippen molar-refractivity contribution in [2.45, 2.75) is 32.5 Å². The monoisotopic (exact) mass is 446 g/mol. The van der Waals surface area contributed by atoms with Crippen LogP contribution in [-0.2, 0) is 19.6 Å². The summed E-state index contributed by atoms with van der Waals surface area (Å²) in [5.41, 5.74) is 2.68. The summed E-state index contributed by atoms with van der Waals surface area (Å²) in [6.07, 6.45) is 4.13. The van der Waals surface area contributed by atoms with Gasteiger partial charge in [0, 0.05) is 31.3 Å². The molecule has 1 saturated carbocycles. The first-order valence-corrected chi connectivity index (χ1v) is 11.3. The van der Waals surface area contributed by atoms with Gasteiger partial charge in [-0.25, -0.2) is 0 Å². The highest BCUT2D eigenvalue weighted by Crippen LogP contribution is 2.30. The zero-order valence-corrected chi connectivity index (χ0v) is 18.8. The van der Waals surface area contributed by atoms with Gasteiger partial charge in [-0.15, -0.1) is 0 Å². The van der Waals surface area contributed by atoms with Gasteiger partial charge in [-0.05, 0) is 54.7 Å². The Morgan fingerprint density at radius 3 is 2.64 bits per heavy atom. The molecule has 1 aliphatic rings. The van der Waals surface area contributed by atoms with Crippen molar-refractivity contribution in [2.24, 2.45) is 10.9 Å². The van der Waals surface area contributed by atoms with Crippen LogP contribution < -0.4 is 20.7 Å². The van der Waals surface area contributed by atoms with Crippen molar-refractivity contribution in [3.05, 3.63) is 89.4 Å². The maximum Gasteiger partial charge on any atom is 0.251 e. The number of amides is 1. The summed E-state index contributed by atoms with van der Waals surface area (Å²) in [4.78, 5) is 16.8. The molecule has 1 aromatic heterocycles. The molecule has 0 saturated heterocycles. The van der Waals surface area contributed by atoms with Crippen molar-refractivity contribution in [3.8, 4) is 5.75 Å². The van der Waals surface area contributed by atoms with Crippen molar-refractivity contribution >= 4 is 11.9 Å². The third kappa shape index (κ3) is 6.87. The summed E-state index contributed by atoms with van der Waals surface area (Å²) in [6.45, 7) is 2.29. The van der Waals surface area contributed by atoms with Crippen molar-refractivity contribution < 1.29 is 13.9 Å². The fourth-order valence-corrected chi connectivity index (χ4v) is 3.37. The van der Waals surface area contributed by atoms with Gasteiger partial charge in [-0.2, -0.15) is 0 Å². The van der Waals surface area contributed by atoms with Gasteiger partial charge in [0.15, 0.2) is 5.96 Å². The van der Waals surface area contributed by atoms with Gasteiger partial charge < -0.3 is 25.1 Å². The molecule has 0 aliphatic heterocycles. The molecule has 0 atom stereocenters. The van der Waals surface area contributed by atoms with Crippen LogP contribution in [-0.4, -0.2) is 25.5 Å². The molecule has 0 unspecified atom stereocenters. The summed E-state index contributed by atoms with van der Waals surface area (Å²) >= 11 is 0. The minimum absolute atomic E-state index is 0.140. The fourth-order valence-electron chi connectivity index (χ4n) is 3.37. The standard InChI is InChI=1S/C26H30N4O3/c1-27-26(30-16-22-7-2-3-10-24(22)33-18-19-11-12-19)29-15-20-6-4-8-21(14-20)25(31)28-17-23-9-5-13-32-23/h2-10,13-14,19H,11-12,15-18H2,1H3,(H,28,31)(H2,27,29,30). The minimum Gasteiger partial charge on any atom is -0.493 e. The second kappa shape index (κ2) is 11.2. The number of furan rings is 1. The first-order chi connectivity index (χ1) is 16.2. The second-order valence-electron chi connectivity index (χ2n) is 8.10. The van der Waals surface area contributed by atoms with E-state index in [1.165, 1.54) is 12.8 Å². The Bertz CT molecular complexity index is 1070. The molecule has 4 rings (SSSR count). The van der Waals surface area contributed by atoms with E-state index in [-0.39, 0.29) is 5.91 Å². The molecule has 1 aliphatic carbocycles. The number of carbonyl (C=O) groups excluding carboxylic acids is 1. The summed E-state index contributed by atoms with van der Waals surface area (Å²) in [6, 6.07) is 19.2. The number of aliphatic imine (C=N–C) groups is 1. The van der Waals surface area contributed by atoms with Gasteiger partial charge in [0.25, 0.3) is 5.91 Å². The highest BCUT2D eigenvalue weighted by atomic mass is 16.5. The molecule has 3 aromatic rings.